The zero-order chi connectivity index (χ0) is 7.56. The SMILES string of the molecule is COc1ncc(Cl)cc1Cl. The predicted molar refractivity (Wildman–Crippen MR) is 40.8 cm³/mol. The zero-order valence-corrected chi connectivity index (χ0v) is 6.78. The number of aromatic nitrogens is 1. The Morgan fingerprint density at radius 1 is 1.50 bits per heavy atom. The molecular weight excluding hydrogens is 173 g/mol. The predicted octanol–water partition coefficient (Wildman–Crippen LogP) is 2.40. The van der Waals surface area contributed by atoms with E-state index in [1.165, 1.54) is 13.3 Å². The Kier molecular flexibility index (Phi) is 2.35. The van der Waals surface area contributed by atoms with E-state index in [1.807, 2.05) is 0 Å². The van der Waals surface area contributed by atoms with Crippen LogP contribution < -0.4 is 4.74 Å². The van der Waals surface area contributed by atoms with Crippen molar-refractivity contribution < 1.29 is 4.74 Å². The minimum absolute atomic E-state index is 0.395. The molecule has 10 heavy (non-hydrogen) atoms. The van der Waals surface area contributed by atoms with Crippen molar-refractivity contribution in [2.24, 2.45) is 0 Å². The van der Waals surface area contributed by atoms with Gasteiger partial charge in [-0.3, -0.25) is 0 Å². The van der Waals surface area contributed by atoms with Gasteiger partial charge in [0.25, 0.3) is 0 Å². The second-order valence-electron chi connectivity index (χ2n) is 1.64. The minimum Gasteiger partial charge on any atom is -0.480 e. The highest BCUT2D eigenvalue weighted by Crippen LogP contribution is 2.23. The lowest BCUT2D eigenvalue weighted by molar-refractivity contribution is 0.398. The van der Waals surface area contributed by atoms with E-state index in [9.17, 15) is 0 Å². The summed E-state index contributed by atoms with van der Waals surface area (Å²) in [7, 11) is 1.50. The van der Waals surface area contributed by atoms with Gasteiger partial charge in [0.2, 0.25) is 5.88 Å². The van der Waals surface area contributed by atoms with Gasteiger partial charge in [0.1, 0.15) is 5.02 Å². The summed E-state index contributed by atoms with van der Waals surface area (Å²) in [4.78, 5) is 3.81. The Morgan fingerprint density at radius 3 is 2.70 bits per heavy atom. The van der Waals surface area contributed by atoms with Crippen LogP contribution >= 0.6 is 23.2 Å². The lowest BCUT2D eigenvalue weighted by Gasteiger charge is -1.99. The molecule has 0 bridgehead atoms. The normalized spacial score (nSPS) is 9.50. The van der Waals surface area contributed by atoms with Crippen LogP contribution in [0.3, 0.4) is 0 Å². The molecule has 1 aromatic heterocycles. The third-order valence-corrected chi connectivity index (χ3v) is 1.44. The van der Waals surface area contributed by atoms with Crippen LogP contribution in [-0.4, -0.2) is 12.1 Å². The van der Waals surface area contributed by atoms with E-state index in [1.54, 1.807) is 6.07 Å². The van der Waals surface area contributed by atoms with Crippen molar-refractivity contribution in [3.8, 4) is 5.88 Å². The molecule has 0 aliphatic carbocycles. The highest BCUT2D eigenvalue weighted by atomic mass is 35.5. The molecule has 0 saturated heterocycles. The van der Waals surface area contributed by atoms with Crippen molar-refractivity contribution >= 4 is 23.2 Å². The van der Waals surface area contributed by atoms with Crippen LogP contribution in [-0.2, 0) is 0 Å². The molecule has 0 aliphatic heterocycles. The molecule has 0 amide bonds. The van der Waals surface area contributed by atoms with Gasteiger partial charge in [-0.1, -0.05) is 23.2 Å². The van der Waals surface area contributed by atoms with Gasteiger partial charge in [-0.25, -0.2) is 4.98 Å². The molecule has 0 radical (unpaired) electrons. The number of ether oxygens (including phenoxy) is 1. The standard InChI is InChI=1S/C6H5Cl2NO/c1-10-6-5(8)2-4(7)3-9-6/h2-3H,1H3. The average molecular weight is 178 g/mol. The molecule has 0 spiro atoms. The van der Waals surface area contributed by atoms with Crippen molar-refractivity contribution in [1.82, 2.24) is 4.98 Å². The Morgan fingerprint density at radius 2 is 2.20 bits per heavy atom. The first-order chi connectivity index (χ1) is 4.74. The maximum Gasteiger partial charge on any atom is 0.232 e. The Balaban J connectivity index is 3.07. The number of hydrogen-bond donors (Lipinski definition) is 0. The first-order valence-electron chi connectivity index (χ1n) is 2.59. The molecule has 0 saturated carbocycles. The topological polar surface area (TPSA) is 22.1 Å². The Bertz CT molecular complexity index is 239. The van der Waals surface area contributed by atoms with Crippen LogP contribution in [0, 0.1) is 0 Å². The molecule has 0 aliphatic rings. The fourth-order valence-electron chi connectivity index (χ4n) is 0.552. The number of halogens is 2. The molecule has 1 heterocycles. The van der Waals surface area contributed by atoms with E-state index in [0.29, 0.717) is 15.9 Å². The maximum atomic E-state index is 5.66. The number of pyridine rings is 1. The molecular formula is C6H5Cl2NO. The van der Waals surface area contributed by atoms with E-state index in [-0.39, 0.29) is 0 Å². The van der Waals surface area contributed by atoms with Gasteiger partial charge >= 0.3 is 0 Å². The average Bonchev–Trinajstić information content (AvgIpc) is 1.88. The highest BCUT2D eigenvalue weighted by molar-refractivity contribution is 6.35. The maximum absolute atomic E-state index is 5.66. The van der Waals surface area contributed by atoms with E-state index < -0.39 is 0 Å². The fraction of sp³-hybridized carbons (Fsp3) is 0.167. The molecule has 1 rings (SSSR count). The van der Waals surface area contributed by atoms with Crippen LogP contribution in [0.5, 0.6) is 5.88 Å². The summed E-state index contributed by atoms with van der Waals surface area (Å²) in [6, 6.07) is 1.58. The number of hydrogen-bond acceptors (Lipinski definition) is 2. The molecule has 0 fully saturated rings. The lowest BCUT2D eigenvalue weighted by Crippen LogP contribution is -1.86. The van der Waals surface area contributed by atoms with E-state index >= 15 is 0 Å². The number of rotatable bonds is 1. The third kappa shape index (κ3) is 1.52. The molecule has 2 nitrogen and oxygen atoms in total. The molecule has 0 aromatic carbocycles. The molecule has 0 unspecified atom stereocenters. The molecule has 4 heteroatoms. The second kappa shape index (κ2) is 3.08. The van der Waals surface area contributed by atoms with Crippen LogP contribution in [0.25, 0.3) is 0 Å². The van der Waals surface area contributed by atoms with Gasteiger partial charge in [-0.15, -0.1) is 0 Å². The summed E-state index contributed by atoms with van der Waals surface area (Å²) >= 11 is 11.2. The van der Waals surface area contributed by atoms with Crippen LogP contribution in [0.1, 0.15) is 0 Å². The van der Waals surface area contributed by atoms with Crippen molar-refractivity contribution in [3.05, 3.63) is 22.3 Å². The molecule has 1 aromatic rings. The van der Waals surface area contributed by atoms with E-state index in [4.69, 9.17) is 27.9 Å². The summed E-state index contributed by atoms with van der Waals surface area (Å²) < 4.78 is 4.80. The summed E-state index contributed by atoms with van der Waals surface area (Å²) in [5.74, 6) is 0.395. The first kappa shape index (κ1) is 7.63. The summed E-state index contributed by atoms with van der Waals surface area (Å²) in [6.07, 6.45) is 1.48. The fourth-order valence-corrected chi connectivity index (χ4v) is 1.01. The zero-order valence-electron chi connectivity index (χ0n) is 5.27. The summed E-state index contributed by atoms with van der Waals surface area (Å²) in [5, 5.41) is 0.931. The van der Waals surface area contributed by atoms with Crippen molar-refractivity contribution in [3.63, 3.8) is 0 Å². The second-order valence-corrected chi connectivity index (χ2v) is 2.49. The minimum atomic E-state index is 0.395. The largest absolute Gasteiger partial charge is 0.480 e. The quantitative estimate of drug-likeness (QED) is 0.658. The van der Waals surface area contributed by atoms with Crippen molar-refractivity contribution in [1.29, 1.82) is 0 Å². The van der Waals surface area contributed by atoms with Crippen LogP contribution in [0.2, 0.25) is 10.0 Å². The van der Waals surface area contributed by atoms with Crippen LogP contribution in [0.4, 0.5) is 0 Å². The van der Waals surface area contributed by atoms with Crippen LogP contribution in [0.15, 0.2) is 12.3 Å². The smallest absolute Gasteiger partial charge is 0.232 e. The Labute approximate surface area is 68.7 Å². The number of nitrogens with zero attached hydrogens (tertiary/aromatic N) is 1. The van der Waals surface area contributed by atoms with Gasteiger partial charge in [-0.05, 0) is 6.07 Å². The molecule has 0 atom stereocenters. The van der Waals surface area contributed by atoms with E-state index in [0.717, 1.165) is 0 Å². The molecule has 54 valence electrons. The van der Waals surface area contributed by atoms with Gasteiger partial charge in [0.15, 0.2) is 0 Å². The Hall–Kier alpha value is -0.470. The highest BCUT2D eigenvalue weighted by Gasteiger charge is 2.00. The monoisotopic (exact) mass is 177 g/mol. The van der Waals surface area contributed by atoms with Crippen molar-refractivity contribution in [2.75, 3.05) is 7.11 Å². The molecule has 0 N–H and O–H groups in total. The summed E-state index contributed by atoms with van der Waals surface area (Å²) in [6.45, 7) is 0. The first-order valence-corrected chi connectivity index (χ1v) is 3.34. The van der Waals surface area contributed by atoms with Crippen molar-refractivity contribution in [2.45, 2.75) is 0 Å². The van der Waals surface area contributed by atoms with Gasteiger partial charge in [0.05, 0.1) is 12.1 Å². The third-order valence-electron chi connectivity index (χ3n) is 0.967. The lowest BCUT2D eigenvalue weighted by atomic mass is 10.5. The summed E-state index contributed by atoms with van der Waals surface area (Å²) in [5.41, 5.74) is 0. The van der Waals surface area contributed by atoms with Gasteiger partial charge < -0.3 is 4.74 Å². The number of methoxy groups -OCH3 is 1. The van der Waals surface area contributed by atoms with Gasteiger partial charge in [-0.2, -0.15) is 0 Å². The van der Waals surface area contributed by atoms with Gasteiger partial charge in [0, 0.05) is 6.20 Å². The van der Waals surface area contributed by atoms with E-state index in [2.05, 4.69) is 4.98 Å².